The molecule has 4 nitrogen and oxygen atoms in total. The second-order valence-electron chi connectivity index (χ2n) is 4.05. The summed E-state index contributed by atoms with van der Waals surface area (Å²) < 4.78 is 1.76. The highest BCUT2D eigenvalue weighted by Gasteiger charge is 2.23. The zero-order valence-electron chi connectivity index (χ0n) is 10.1. The van der Waals surface area contributed by atoms with E-state index in [0.29, 0.717) is 0 Å². The van der Waals surface area contributed by atoms with Gasteiger partial charge in [0.1, 0.15) is 0 Å². The molecule has 2 heterocycles. The van der Waals surface area contributed by atoms with Crippen molar-refractivity contribution in [1.29, 1.82) is 0 Å². The lowest BCUT2D eigenvalue weighted by atomic mass is 10.3. The minimum Gasteiger partial charge on any atom is -0.340 e. The molecular weight excluding hydrogens is 254 g/mol. The largest absolute Gasteiger partial charge is 0.340 e. The first kappa shape index (κ1) is 12.8. The van der Waals surface area contributed by atoms with Crippen molar-refractivity contribution in [2.45, 2.75) is 17.1 Å². The molecule has 6 heteroatoms. The Kier molecular flexibility index (Phi) is 4.39. The smallest absolute Gasteiger partial charge is 0.235 e. The van der Waals surface area contributed by atoms with Gasteiger partial charge in [-0.15, -0.1) is 11.8 Å². The predicted molar refractivity (Wildman–Crippen MR) is 72.4 cm³/mol. The number of rotatable bonds is 3. The van der Waals surface area contributed by atoms with Crippen LogP contribution in [0.3, 0.4) is 0 Å². The number of aryl methyl sites for hydroxylation is 1. The van der Waals surface area contributed by atoms with Gasteiger partial charge in [-0.2, -0.15) is 16.9 Å². The van der Waals surface area contributed by atoms with Gasteiger partial charge in [-0.05, 0) is 6.92 Å². The van der Waals surface area contributed by atoms with Crippen LogP contribution >= 0.6 is 23.5 Å². The van der Waals surface area contributed by atoms with E-state index < -0.39 is 0 Å². The average molecular weight is 271 g/mol. The van der Waals surface area contributed by atoms with Crippen LogP contribution in [0.2, 0.25) is 0 Å². The molecule has 0 aromatic carbocycles. The fourth-order valence-electron chi connectivity index (χ4n) is 1.76. The van der Waals surface area contributed by atoms with Crippen molar-refractivity contribution >= 4 is 29.4 Å². The molecule has 1 fully saturated rings. The van der Waals surface area contributed by atoms with Crippen LogP contribution in [0.15, 0.2) is 17.3 Å². The molecule has 1 aromatic heterocycles. The van der Waals surface area contributed by atoms with E-state index in [4.69, 9.17) is 0 Å². The number of nitrogens with zero attached hydrogens (tertiary/aromatic N) is 3. The summed E-state index contributed by atoms with van der Waals surface area (Å²) in [6, 6.07) is 0. The molecule has 1 aliphatic heterocycles. The van der Waals surface area contributed by atoms with Crippen LogP contribution in [0.4, 0.5) is 0 Å². The zero-order valence-corrected chi connectivity index (χ0v) is 11.8. The van der Waals surface area contributed by atoms with E-state index in [1.54, 1.807) is 22.6 Å². The van der Waals surface area contributed by atoms with Crippen molar-refractivity contribution in [1.82, 2.24) is 14.7 Å². The third-order valence-electron chi connectivity index (χ3n) is 2.66. The maximum atomic E-state index is 12.2. The molecule has 0 spiro atoms. The Balaban J connectivity index is 1.90. The van der Waals surface area contributed by atoms with Crippen molar-refractivity contribution in [2.24, 2.45) is 7.05 Å². The Morgan fingerprint density at radius 3 is 2.82 bits per heavy atom. The number of carbonyl (C=O) groups excluding carboxylic acids is 1. The van der Waals surface area contributed by atoms with Gasteiger partial charge in [0.25, 0.3) is 0 Å². The van der Waals surface area contributed by atoms with Gasteiger partial charge in [-0.1, -0.05) is 0 Å². The van der Waals surface area contributed by atoms with Crippen molar-refractivity contribution in [3.8, 4) is 0 Å². The molecule has 0 radical (unpaired) electrons. The van der Waals surface area contributed by atoms with Gasteiger partial charge in [0.05, 0.1) is 11.4 Å². The van der Waals surface area contributed by atoms with Crippen LogP contribution in [-0.4, -0.2) is 50.4 Å². The summed E-state index contributed by atoms with van der Waals surface area (Å²) in [5, 5.41) is 4.08. The minimum atomic E-state index is -0.0256. The first-order valence-electron chi connectivity index (χ1n) is 5.68. The number of carbonyl (C=O) groups is 1. The summed E-state index contributed by atoms with van der Waals surface area (Å²) in [4.78, 5) is 15.2. The first-order valence-corrected chi connectivity index (χ1v) is 7.72. The normalized spacial score (nSPS) is 18.1. The van der Waals surface area contributed by atoms with Gasteiger partial charge in [-0.3, -0.25) is 9.48 Å². The quantitative estimate of drug-likeness (QED) is 0.781. The minimum absolute atomic E-state index is 0.0256. The summed E-state index contributed by atoms with van der Waals surface area (Å²) in [7, 11) is 1.89. The van der Waals surface area contributed by atoms with Gasteiger partial charge >= 0.3 is 0 Å². The third kappa shape index (κ3) is 3.42. The van der Waals surface area contributed by atoms with E-state index in [1.165, 1.54) is 0 Å². The molecule has 0 saturated carbocycles. The van der Waals surface area contributed by atoms with Crippen LogP contribution in [0.1, 0.15) is 6.92 Å². The highest BCUT2D eigenvalue weighted by Crippen LogP contribution is 2.24. The highest BCUT2D eigenvalue weighted by molar-refractivity contribution is 8.00. The SMILES string of the molecule is CC(Sc1cnn(C)c1)C(=O)N1CCSCC1. The standard InChI is InChI=1S/C11H17N3OS2/c1-9(17-10-7-12-13(2)8-10)11(15)14-3-5-16-6-4-14/h7-9H,3-6H2,1-2H3. The Hall–Kier alpha value is -0.620. The second-order valence-corrected chi connectivity index (χ2v) is 6.69. The molecule has 0 bridgehead atoms. The van der Waals surface area contributed by atoms with E-state index in [0.717, 1.165) is 29.5 Å². The van der Waals surface area contributed by atoms with E-state index >= 15 is 0 Å². The lowest BCUT2D eigenvalue weighted by molar-refractivity contribution is -0.129. The summed E-state index contributed by atoms with van der Waals surface area (Å²) >= 11 is 3.51. The Morgan fingerprint density at radius 2 is 2.24 bits per heavy atom. The van der Waals surface area contributed by atoms with Crippen LogP contribution < -0.4 is 0 Å². The molecule has 1 aromatic rings. The molecular formula is C11H17N3OS2. The lowest BCUT2D eigenvalue weighted by Crippen LogP contribution is -2.41. The molecule has 2 rings (SSSR count). The zero-order chi connectivity index (χ0) is 12.3. The molecule has 0 aliphatic carbocycles. The Labute approximate surface area is 110 Å². The van der Waals surface area contributed by atoms with Crippen molar-refractivity contribution in [3.05, 3.63) is 12.4 Å². The molecule has 1 aliphatic rings. The number of amides is 1. The molecule has 1 atom stereocenters. The lowest BCUT2D eigenvalue weighted by Gasteiger charge is -2.28. The van der Waals surface area contributed by atoms with Crippen LogP contribution in [0, 0.1) is 0 Å². The van der Waals surface area contributed by atoms with E-state index in [-0.39, 0.29) is 11.2 Å². The molecule has 1 unspecified atom stereocenters. The number of thioether (sulfide) groups is 2. The Bertz CT molecular complexity index is 388. The molecule has 0 N–H and O–H groups in total. The van der Waals surface area contributed by atoms with Gasteiger partial charge in [0.2, 0.25) is 5.91 Å². The fraction of sp³-hybridized carbons (Fsp3) is 0.636. The predicted octanol–water partition coefficient (Wildman–Crippen LogP) is 1.48. The van der Waals surface area contributed by atoms with Crippen LogP contribution in [0.5, 0.6) is 0 Å². The van der Waals surface area contributed by atoms with Gasteiger partial charge in [0.15, 0.2) is 0 Å². The number of hydrogen-bond acceptors (Lipinski definition) is 4. The van der Waals surface area contributed by atoms with Crippen molar-refractivity contribution in [3.63, 3.8) is 0 Å². The summed E-state index contributed by atoms with van der Waals surface area (Å²) in [5.74, 6) is 2.38. The third-order valence-corrected chi connectivity index (χ3v) is 4.65. The highest BCUT2D eigenvalue weighted by atomic mass is 32.2. The number of hydrogen-bond donors (Lipinski definition) is 0. The second kappa shape index (κ2) is 5.82. The first-order chi connectivity index (χ1) is 8.16. The van der Waals surface area contributed by atoms with E-state index in [9.17, 15) is 4.79 Å². The van der Waals surface area contributed by atoms with Crippen LogP contribution in [0.25, 0.3) is 0 Å². The van der Waals surface area contributed by atoms with Gasteiger partial charge in [0, 0.05) is 42.7 Å². The molecule has 1 saturated heterocycles. The molecule has 17 heavy (non-hydrogen) atoms. The van der Waals surface area contributed by atoms with Gasteiger partial charge in [-0.25, -0.2) is 0 Å². The Morgan fingerprint density at radius 1 is 1.53 bits per heavy atom. The topological polar surface area (TPSA) is 38.1 Å². The monoisotopic (exact) mass is 271 g/mol. The number of aromatic nitrogens is 2. The van der Waals surface area contributed by atoms with Crippen molar-refractivity contribution < 1.29 is 4.79 Å². The van der Waals surface area contributed by atoms with Crippen LogP contribution in [-0.2, 0) is 11.8 Å². The fourth-order valence-corrected chi connectivity index (χ4v) is 3.64. The molecule has 1 amide bonds. The van der Waals surface area contributed by atoms with E-state index in [2.05, 4.69) is 5.10 Å². The maximum Gasteiger partial charge on any atom is 0.235 e. The average Bonchev–Trinajstić information content (AvgIpc) is 2.75. The summed E-state index contributed by atoms with van der Waals surface area (Å²) in [6.07, 6.45) is 3.75. The van der Waals surface area contributed by atoms with Crippen molar-refractivity contribution in [2.75, 3.05) is 24.6 Å². The van der Waals surface area contributed by atoms with E-state index in [1.807, 2.05) is 36.8 Å². The molecule has 94 valence electrons. The summed E-state index contributed by atoms with van der Waals surface area (Å²) in [6.45, 7) is 3.75. The maximum absolute atomic E-state index is 12.2. The van der Waals surface area contributed by atoms with Gasteiger partial charge < -0.3 is 4.90 Å². The summed E-state index contributed by atoms with van der Waals surface area (Å²) in [5.41, 5.74) is 0.